The average molecular weight is 449 g/mol. The molecule has 0 spiro atoms. The van der Waals surface area contributed by atoms with Crippen molar-refractivity contribution in [3.05, 3.63) is 48.0 Å². The van der Waals surface area contributed by atoms with E-state index in [-0.39, 0.29) is 23.3 Å². The second-order valence-electron chi connectivity index (χ2n) is 7.23. The molecule has 168 valence electrons. The van der Waals surface area contributed by atoms with E-state index in [1.54, 1.807) is 63.8 Å². The number of hydrogen-bond donors (Lipinski definition) is 1. The van der Waals surface area contributed by atoms with E-state index in [9.17, 15) is 13.2 Å². The highest BCUT2D eigenvalue weighted by Gasteiger charge is 2.32. The summed E-state index contributed by atoms with van der Waals surface area (Å²) in [4.78, 5) is 13.0. The molecule has 2 aromatic rings. The Morgan fingerprint density at radius 2 is 1.55 bits per heavy atom. The van der Waals surface area contributed by atoms with Gasteiger partial charge in [0.1, 0.15) is 5.75 Å². The fraction of sp³-hybridized carbons (Fsp3) is 0.409. The molecule has 0 unspecified atom stereocenters. The zero-order valence-electron chi connectivity index (χ0n) is 18.0. The Kier molecular flexibility index (Phi) is 7.40. The quantitative estimate of drug-likeness (QED) is 0.667. The first-order chi connectivity index (χ1) is 14.9. The summed E-state index contributed by atoms with van der Waals surface area (Å²) in [5.41, 5.74) is 0.762. The normalized spacial score (nSPS) is 15.3. The van der Waals surface area contributed by atoms with E-state index in [1.807, 2.05) is 0 Å². The standard InChI is InChI=1S/C22H28N2O6S/c1-28-19-14-21(30-3)20(29-2)13-17(19)15-23-22(25)16-9-11-24(12-10-16)31(26,27)18-7-5-4-6-8-18/h4-8,13-14,16H,9-12,15H2,1-3H3,(H,23,25). The minimum Gasteiger partial charge on any atom is -0.496 e. The maximum Gasteiger partial charge on any atom is 0.243 e. The van der Waals surface area contributed by atoms with E-state index in [2.05, 4.69) is 5.32 Å². The molecule has 3 rings (SSSR count). The highest BCUT2D eigenvalue weighted by molar-refractivity contribution is 7.89. The fourth-order valence-corrected chi connectivity index (χ4v) is 5.15. The third-order valence-corrected chi connectivity index (χ3v) is 7.36. The molecule has 1 saturated heterocycles. The van der Waals surface area contributed by atoms with E-state index in [0.29, 0.717) is 43.2 Å². The van der Waals surface area contributed by atoms with Crippen LogP contribution >= 0.6 is 0 Å². The second-order valence-corrected chi connectivity index (χ2v) is 9.17. The van der Waals surface area contributed by atoms with E-state index in [0.717, 1.165) is 5.56 Å². The first-order valence-corrected chi connectivity index (χ1v) is 11.5. The van der Waals surface area contributed by atoms with Crippen molar-refractivity contribution in [2.45, 2.75) is 24.3 Å². The molecular formula is C22H28N2O6S. The van der Waals surface area contributed by atoms with E-state index >= 15 is 0 Å². The highest BCUT2D eigenvalue weighted by Crippen LogP contribution is 2.34. The van der Waals surface area contributed by atoms with Crippen molar-refractivity contribution in [1.29, 1.82) is 0 Å². The minimum atomic E-state index is -3.53. The lowest BCUT2D eigenvalue weighted by Gasteiger charge is -2.30. The van der Waals surface area contributed by atoms with Crippen LogP contribution < -0.4 is 19.5 Å². The molecule has 31 heavy (non-hydrogen) atoms. The van der Waals surface area contributed by atoms with Crippen molar-refractivity contribution in [1.82, 2.24) is 9.62 Å². The smallest absolute Gasteiger partial charge is 0.243 e. The average Bonchev–Trinajstić information content (AvgIpc) is 2.82. The number of benzene rings is 2. The van der Waals surface area contributed by atoms with Gasteiger partial charge in [-0.3, -0.25) is 4.79 Å². The van der Waals surface area contributed by atoms with Crippen molar-refractivity contribution in [3.63, 3.8) is 0 Å². The lowest BCUT2D eigenvalue weighted by atomic mass is 9.97. The third-order valence-electron chi connectivity index (χ3n) is 5.45. The summed E-state index contributed by atoms with van der Waals surface area (Å²) in [5, 5.41) is 2.93. The van der Waals surface area contributed by atoms with Crippen LogP contribution in [0.1, 0.15) is 18.4 Å². The van der Waals surface area contributed by atoms with Gasteiger partial charge >= 0.3 is 0 Å². The van der Waals surface area contributed by atoms with Crippen LogP contribution in [0, 0.1) is 5.92 Å². The molecule has 0 aromatic heterocycles. The Balaban J connectivity index is 1.60. The molecule has 0 aliphatic carbocycles. The summed E-state index contributed by atoms with van der Waals surface area (Å²) >= 11 is 0. The number of carbonyl (C=O) groups is 1. The monoisotopic (exact) mass is 448 g/mol. The Hall–Kier alpha value is -2.78. The van der Waals surface area contributed by atoms with Gasteiger partial charge in [-0.25, -0.2) is 8.42 Å². The van der Waals surface area contributed by atoms with Crippen LogP contribution in [-0.2, 0) is 21.4 Å². The third kappa shape index (κ3) is 5.11. The fourth-order valence-electron chi connectivity index (χ4n) is 3.66. The summed E-state index contributed by atoms with van der Waals surface area (Å²) in [6, 6.07) is 11.9. The zero-order valence-corrected chi connectivity index (χ0v) is 18.8. The zero-order chi connectivity index (χ0) is 22.4. The molecule has 2 aromatic carbocycles. The molecule has 0 saturated carbocycles. The molecule has 1 fully saturated rings. The Bertz CT molecular complexity index is 1000. The maximum absolute atomic E-state index is 12.7. The number of ether oxygens (including phenoxy) is 3. The number of hydrogen-bond acceptors (Lipinski definition) is 6. The van der Waals surface area contributed by atoms with Crippen molar-refractivity contribution in [2.75, 3.05) is 34.4 Å². The van der Waals surface area contributed by atoms with Crippen molar-refractivity contribution >= 4 is 15.9 Å². The summed E-state index contributed by atoms with van der Waals surface area (Å²) in [6.45, 7) is 0.898. The molecule has 1 amide bonds. The van der Waals surface area contributed by atoms with Gasteiger partial charge in [-0.15, -0.1) is 0 Å². The molecule has 1 heterocycles. The number of nitrogens with zero attached hydrogens (tertiary/aromatic N) is 1. The Morgan fingerprint density at radius 3 is 2.13 bits per heavy atom. The second kappa shape index (κ2) is 10.0. The van der Waals surface area contributed by atoms with Crippen molar-refractivity contribution in [3.8, 4) is 17.2 Å². The molecule has 8 nitrogen and oxygen atoms in total. The summed E-state index contributed by atoms with van der Waals surface area (Å²) in [6.07, 6.45) is 0.946. The molecule has 1 aliphatic heterocycles. The first kappa shape index (κ1) is 22.9. The van der Waals surface area contributed by atoms with Crippen LogP contribution in [-0.4, -0.2) is 53.0 Å². The lowest BCUT2D eigenvalue weighted by Crippen LogP contribution is -2.42. The largest absolute Gasteiger partial charge is 0.496 e. The van der Waals surface area contributed by atoms with Gasteiger partial charge in [-0.1, -0.05) is 18.2 Å². The van der Waals surface area contributed by atoms with Crippen LogP contribution in [0.3, 0.4) is 0 Å². The number of methoxy groups -OCH3 is 3. The summed E-state index contributed by atoms with van der Waals surface area (Å²) in [7, 11) is 1.11. The number of piperidine rings is 1. The van der Waals surface area contributed by atoms with Gasteiger partial charge < -0.3 is 19.5 Å². The van der Waals surface area contributed by atoms with Crippen LogP contribution in [0.25, 0.3) is 0 Å². The number of sulfonamides is 1. The number of amides is 1. The molecule has 0 atom stereocenters. The maximum atomic E-state index is 12.7. The van der Waals surface area contributed by atoms with E-state index < -0.39 is 10.0 Å². The van der Waals surface area contributed by atoms with Gasteiger partial charge in [0.05, 0.1) is 26.2 Å². The highest BCUT2D eigenvalue weighted by atomic mass is 32.2. The lowest BCUT2D eigenvalue weighted by molar-refractivity contribution is -0.126. The molecule has 9 heteroatoms. The molecule has 0 radical (unpaired) electrons. The van der Waals surface area contributed by atoms with Crippen molar-refractivity contribution in [2.24, 2.45) is 5.92 Å². The number of nitrogens with one attached hydrogen (secondary N) is 1. The first-order valence-electron chi connectivity index (χ1n) is 10.0. The van der Waals surface area contributed by atoms with Gasteiger partial charge in [0, 0.05) is 37.2 Å². The van der Waals surface area contributed by atoms with Gasteiger partial charge in [0.2, 0.25) is 15.9 Å². The summed E-state index contributed by atoms with van der Waals surface area (Å²) in [5.74, 6) is 1.33. The predicted molar refractivity (Wildman–Crippen MR) is 116 cm³/mol. The van der Waals surface area contributed by atoms with Gasteiger partial charge in [0.15, 0.2) is 11.5 Å². The predicted octanol–water partition coefficient (Wildman–Crippen LogP) is 2.43. The van der Waals surface area contributed by atoms with Gasteiger partial charge in [-0.2, -0.15) is 4.31 Å². The molecule has 1 aliphatic rings. The Labute approximate surface area is 183 Å². The van der Waals surface area contributed by atoms with E-state index in [1.165, 1.54) is 4.31 Å². The minimum absolute atomic E-state index is 0.103. The number of carbonyl (C=O) groups excluding carboxylic acids is 1. The topological polar surface area (TPSA) is 94.2 Å². The van der Waals surface area contributed by atoms with E-state index in [4.69, 9.17) is 14.2 Å². The van der Waals surface area contributed by atoms with Gasteiger partial charge in [0.25, 0.3) is 0 Å². The Morgan fingerprint density at radius 1 is 0.968 bits per heavy atom. The van der Waals surface area contributed by atoms with Crippen LogP contribution in [0.2, 0.25) is 0 Å². The molecule has 1 N–H and O–H groups in total. The molecule has 0 bridgehead atoms. The van der Waals surface area contributed by atoms with Crippen LogP contribution in [0.15, 0.2) is 47.4 Å². The van der Waals surface area contributed by atoms with Crippen LogP contribution in [0.5, 0.6) is 17.2 Å². The number of rotatable bonds is 8. The summed E-state index contributed by atoms with van der Waals surface area (Å²) < 4.78 is 42.9. The van der Waals surface area contributed by atoms with Crippen molar-refractivity contribution < 1.29 is 27.4 Å². The SMILES string of the molecule is COc1cc(OC)c(OC)cc1CNC(=O)C1CCN(S(=O)(=O)c2ccccc2)CC1. The molecular weight excluding hydrogens is 420 g/mol. The van der Waals surface area contributed by atoms with Crippen LogP contribution in [0.4, 0.5) is 0 Å². The van der Waals surface area contributed by atoms with Gasteiger partial charge in [-0.05, 0) is 31.0 Å².